The fourth-order valence-corrected chi connectivity index (χ4v) is 2.30. The topological polar surface area (TPSA) is 59.6 Å². The maximum atomic E-state index is 12.0. The molecule has 0 aliphatic rings. The molecule has 0 radical (unpaired) electrons. The highest BCUT2D eigenvalue weighted by Crippen LogP contribution is 2.29. The van der Waals surface area contributed by atoms with Crippen LogP contribution in [0.1, 0.15) is 24.1 Å². The molecule has 2 amide bonds. The van der Waals surface area contributed by atoms with E-state index in [0.717, 1.165) is 11.1 Å². The standard InChI is InChI=1S/C20H22N2O3/c1-15(18-14-17(24-2)11-12-19(18)25-3)22-20(23)21-13-7-10-16-8-5-4-6-9-16/h4-6,8-9,11-12,14-15H,13H2,1-3H3,(H2,21,22,23). The lowest BCUT2D eigenvalue weighted by Crippen LogP contribution is -2.37. The quantitative estimate of drug-likeness (QED) is 0.824. The zero-order valence-electron chi connectivity index (χ0n) is 14.6. The number of hydrogen-bond donors (Lipinski definition) is 2. The molecule has 0 saturated heterocycles. The average Bonchev–Trinajstić information content (AvgIpc) is 2.65. The number of benzene rings is 2. The Morgan fingerprint density at radius 2 is 1.88 bits per heavy atom. The highest BCUT2D eigenvalue weighted by atomic mass is 16.5. The van der Waals surface area contributed by atoms with E-state index in [9.17, 15) is 4.79 Å². The number of carbonyl (C=O) groups is 1. The SMILES string of the molecule is COc1ccc(OC)c(C(C)NC(=O)NCC#Cc2ccccc2)c1. The van der Waals surface area contributed by atoms with Crippen molar-refractivity contribution >= 4 is 6.03 Å². The Morgan fingerprint density at radius 1 is 1.12 bits per heavy atom. The van der Waals surface area contributed by atoms with Gasteiger partial charge in [-0.2, -0.15) is 0 Å². The summed E-state index contributed by atoms with van der Waals surface area (Å²) in [5.41, 5.74) is 1.76. The molecule has 2 aromatic rings. The van der Waals surface area contributed by atoms with Gasteiger partial charge in [-0.25, -0.2) is 4.79 Å². The van der Waals surface area contributed by atoms with Gasteiger partial charge in [-0.1, -0.05) is 30.0 Å². The molecular formula is C20H22N2O3. The van der Waals surface area contributed by atoms with Crippen LogP contribution in [0.2, 0.25) is 0 Å². The summed E-state index contributed by atoms with van der Waals surface area (Å²) >= 11 is 0. The molecule has 2 rings (SSSR count). The van der Waals surface area contributed by atoms with Crippen LogP contribution in [0.15, 0.2) is 48.5 Å². The molecule has 25 heavy (non-hydrogen) atoms. The summed E-state index contributed by atoms with van der Waals surface area (Å²) in [6.45, 7) is 2.15. The predicted octanol–water partition coefficient (Wildman–Crippen LogP) is 3.12. The molecular weight excluding hydrogens is 316 g/mol. The van der Waals surface area contributed by atoms with Crippen LogP contribution in [-0.2, 0) is 0 Å². The van der Waals surface area contributed by atoms with Gasteiger partial charge in [0.25, 0.3) is 0 Å². The van der Waals surface area contributed by atoms with E-state index in [0.29, 0.717) is 11.5 Å². The van der Waals surface area contributed by atoms with E-state index >= 15 is 0 Å². The molecule has 0 aliphatic carbocycles. The number of urea groups is 1. The van der Waals surface area contributed by atoms with Crippen molar-refractivity contribution in [1.29, 1.82) is 0 Å². The van der Waals surface area contributed by atoms with Gasteiger partial charge in [0.1, 0.15) is 11.5 Å². The van der Waals surface area contributed by atoms with E-state index < -0.39 is 0 Å². The number of hydrogen-bond acceptors (Lipinski definition) is 3. The van der Waals surface area contributed by atoms with Crippen molar-refractivity contribution in [2.75, 3.05) is 20.8 Å². The fourth-order valence-electron chi connectivity index (χ4n) is 2.30. The van der Waals surface area contributed by atoms with Gasteiger partial charge in [0, 0.05) is 11.1 Å². The Kier molecular flexibility index (Phi) is 6.73. The molecule has 0 aromatic heterocycles. The molecule has 130 valence electrons. The molecule has 0 spiro atoms. The molecule has 2 N–H and O–H groups in total. The van der Waals surface area contributed by atoms with Gasteiger partial charge in [-0.05, 0) is 37.3 Å². The van der Waals surface area contributed by atoms with Crippen molar-refractivity contribution in [3.05, 3.63) is 59.7 Å². The van der Waals surface area contributed by atoms with Crippen molar-refractivity contribution in [3.63, 3.8) is 0 Å². The van der Waals surface area contributed by atoms with Crippen LogP contribution in [0.4, 0.5) is 4.79 Å². The first kappa shape index (κ1) is 18.2. The summed E-state index contributed by atoms with van der Waals surface area (Å²) in [4.78, 5) is 12.0. The Labute approximate surface area is 148 Å². The van der Waals surface area contributed by atoms with Crippen molar-refractivity contribution in [1.82, 2.24) is 10.6 Å². The molecule has 0 bridgehead atoms. The fraction of sp³-hybridized carbons (Fsp3) is 0.250. The number of amides is 2. The van der Waals surface area contributed by atoms with E-state index in [-0.39, 0.29) is 18.6 Å². The number of carbonyl (C=O) groups excluding carboxylic acids is 1. The lowest BCUT2D eigenvalue weighted by molar-refractivity contribution is 0.239. The molecule has 5 nitrogen and oxygen atoms in total. The highest BCUT2D eigenvalue weighted by molar-refractivity contribution is 5.74. The Balaban J connectivity index is 1.91. The van der Waals surface area contributed by atoms with Gasteiger partial charge in [-0.3, -0.25) is 0 Å². The third kappa shape index (κ3) is 5.47. The second-order valence-electron chi connectivity index (χ2n) is 5.32. The van der Waals surface area contributed by atoms with Crippen LogP contribution >= 0.6 is 0 Å². The highest BCUT2D eigenvalue weighted by Gasteiger charge is 2.14. The van der Waals surface area contributed by atoms with E-state index in [1.54, 1.807) is 14.2 Å². The monoisotopic (exact) mass is 338 g/mol. The molecule has 5 heteroatoms. The van der Waals surface area contributed by atoms with E-state index in [1.165, 1.54) is 0 Å². The van der Waals surface area contributed by atoms with Crippen LogP contribution in [0, 0.1) is 11.8 Å². The second-order valence-corrected chi connectivity index (χ2v) is 5.32. The largest absolute Gasteiger partial charge is 0.497 e. The predicted molar refractivity (Wildman–Crippen MR) is 97.8 cm³/mol. The van der Waals surface area contributed by atoms with Gasteiger partial charge in [0.2, 0.25) is 0 Å². The molecule has 1 unspecified atom stereocenters. The van der Waals surface area contributed by atoms with Gasteiger partial charge < -0.3 is 20.1 Å². The third-order valence-electron chi connectivity index (χ3n) is 3.59. The van der Waals surface area contributed by atoms with Crippen LogP contribution in [0.3, 0.4) is 0 Å². The van der Waals surface area contributed by atoms with E-state index in [4.69, 9.17) is 9.47 Å². The third-order valence-corrected chi connectivity index (χ3v) is 3.59. The van der Waals surface area contributed by atoms with Gasteiger partial charge in [0.05, 0.1) is 26.8 Å². The summed E-state index contributed by atoms with van der Waals surface area (Å²) in [6, 6.07) is 14.6. The van der Waals surface area contributed by atoms with Crippen molar-refractivity contribution in [3.8, 4) is 23.3 Å². The minimum absolute atomic E-state index is 0.243. The molecule has 0 heterocycles. The zero-order chi connectivity index (χ0) is 18.1. The molecule has 0 saturated carbocycles. The summed E-state index contributed by atoms with van der Waals surface area (Å²) < 4.78 is 10.6. The van der Waals surface area contributed by atoms with Crippen LogP contribution in [-0.4, -0.2) is 26.8 Å². The number of ether oxygens (including phenoxy) is 2. The Morgan fingerprint density at radius 3 is 2.56 bits per heavy atom. The van der Waals surface area contributed by atoms with Gasteiger partial charge in [-0.15, -0.1) is 0 Å². The second kappa shape index (κ2) is 9.24. The molecule has 2 aromatic carbocycles. The van der Waals surface area contributed by atoms with Crippen LogP contribution in [0.5, 0.6) is 11.5 Å². The maximum Gasteiger partial charge on any atom is 0.316 e. The average molecular weight is 338 g/mol. The van der Waals surface area contributed by atoms with Crippen molar-refractivity contribution < 1.29 is 14.3 Å². The summed E-state index contributed by atoms with van der Waals surface area (Å²) in [5.74, 6) is 7.31. The van der Waals surface area contributed by atoms with Crippen LogP contribution < -0.4 is 20.1 Å². The Hall–Kier alpha value is -3.13. The number of methoxy groups -OCH3 is 2. The molecule has 0 aliphatic heterocycles. The van der Waals surface area contributed by atoms with Gasteiger partial charge in [0.15, 0.2) is 0 Å². The van der Waals surface area contributed by atoms with Gasteiger partial charge >= 0.3 is 6.03 Å². The first-order chi connectivity index (χ1) is 12.1. The number of nitrogens with one attached hydrogen (secondary N) is 2. The summed E-state index contributed by atoms with van der Waals surface area (Å²) in [7, 11) is 3.19. The lowest BCUT2D eigenvalue weighted by atomic mass is 10.1. The first-order valence-electron chi connectivity index (χ1n) is 7.94. The maximum absolute atomic E-state index is 12.0. The van der Waals surface area contributed by atoms with E-state index in [2.05, 4.69) is 22.5 Å². The van der Waals surface area contributed by atoms with Crippen LogP contribution in [0.25, 0.3) is 0 Å². The zero-order valence-corrected chi connectivity index (χ0v) is 14.6. The first-order valence-corrected chi connectivity index (χ1v) is 7.94. The smallest absolute Gasteiger partial charge is 0.316 e. The normalized spacial score (nSPS) is 10.8. The lowest BCUT2D eigenvalue weighted by Gasteiger charge is -2.18. The molecule has 1 atom stereocenters. The summed E-state index contributed by atoms with van der Waals surface area (Å²) in [6.07, 6.45) is 0. The number of rotatable bonds is 5. The minimum Gasteiger partial charge on any atom is -0.497 e. The molecule has 0 fully saturated rings. The van der Waals surface area contributed by atoms with Crippen molar-refractivity contribution in [2.45, 2.75) is 13.0 Å². The summed E-state index contributed by atoms with van der Waals surface area (Å²) in [5, 5.41) is 5.59. The minimum atomic E-state index is -0.292. The van der Waals surface area contributed by atoms with Crippen molar-refractivity contribution in [2.24, 2.45) is 0 Å². The van der Waals surface area contributed by atoms with E-state index in [1.807, 2.05) is 55.5 Å². The Bertz CT molecular complexity index is 764.